The Morgan fingerprint density at radius 1 is 1.23 bits per heavy atom. The zero-order valence-corrected chi connectivity index (χ0v) is 15.4. The topological polar surface area (TPSA) is 93.5 Å². The molecular weight excluding hydrogens is 358 g/mol. The number of halogens is 1. The molecule has 0 saturated carbocycles. The van der Waals surface area contributed by atoms with Crippen molar-refractivity contribution in [3.63, 3.8) is 0 Å². The summed E-state index contributed by atoms with van der Waals surface area (Å²) in [6.45, 7) is 3.60. The first-order chi connectivity index (χ1) is 12.3. The fourth-order valence-corrected chi connectivity index (χ4v) is 2.81. The molecule has 0 bridgehead atoms. The Labute approximate surface area is 156 Å². The van der Waals surface area contributed by atoms with E-state index in [4.69, 9.17) is 16.3 Å². The Hall–Kier alpha value is -2.64. The number of benzene rings is 2. The number of ether oxygens (including phenoxy) is 1. The second-order valence-corrected chi connectivity index (χ2v) is 6.17. The molecule has 2 N–H and O–H groups in total. The maximum atomic E-state index is 12.5. The van der Waals surface area contributed by atoms with Gasteiger partial charge in [0.05, 0.1) is 23.8 Å². The number of amides is 1. The van der Waals surface area contributed by atoms with Gasteiger partial charge in [0, 0.05) is 23.2 Å². The van der Waals surface area contributed by atoms with Crippen molar-refractivity contribution < 1.29 is 14.5 Å². The summed E-state index contributed by atoms with van der Waals surface area (Å²) in [7, 11) is 1.43. The van der Waals surface area contributed by atoms with Gasteiger partial charge in [-0.1, -0.05) is 29.8 Å². The van der Waals surface area contributed by atoms with E-state index < -0.39 is 11.0 Å². The molecule has 2 aromatic carbocycles. The summed E-state index contributed by atoms with van der Waals surface area (Å²) >= 11 is 6.18. The number of carbonyl (C=O) groups excluding carboxylic acids is 1. The molecule has 0 unspecified atom stereocenters. The smallest absolute Gasteiger partial charge is 0.271 e. The van der Waals surface area contributed by atoms with Crippen LogP contribution in [0.2, 0.25) is 5.02 Å². The van der Waals surface area contributed by atoms with Crippen molar-refractivity contribution in [3.8, 4) is 5.75 Å². The Morgan fingerprint density at radius 3 is 2.54 bits per heavy atom. The van der Waals surface area contributed by atoms with Gasteiger partial charge in [-0.3, -0.25) is 20.2 Å². The van der Waals surface area contributed by atoms with E-state index >= 15 is 0 Å². The van der Waals surface area contributed by atoms with Crippen molar-refractivity contribution in [3.05, 3.63) is 63.2 Å². The minimum atomic E-state index is -0.565. The Kier molecular flexibility index (Phi) is 6.54. The van der Waals surface area contributed by atoms with Crippen LogP contribution >= 0.6 is 11.6 Å². The molecule has 1 amide bonds. The van der Waals surface area contributed by atoms with Gasteiger partial charge in [-0.05, 0) is 31.5 Å². The average Bonchev–Trinajstić information content (AvgIpc) is 2.61. The van der Waals surface area contributed by atoms with E-state index in [1.807, 2.05) is 25.1 Å². The fourth-order valence-electron chi connectivity index (χ4n) is 2.51. The second-order valence-electron chi connectivity index (χ2n) is 5.76. The number of nitrogens with zero attached hydrogens (tertiary/aromatic N) is 1. The van der Waals surface area contributed by atoms with Gasteiger partial charge in [0.25, 0.3) is 5.69 Å². The summed E-state index contributed by atoms with van der Waals surface area (Å²) < 4.78 is 5.15. The quantitative estimate of drug-likeness (QED) is 0.563. The first kappa shape index (κ1) is 19.7. The maximum absolute atomic E-state index is 12.5. The largest absolute Gasteiger partial charge is 0.495 e. The number of hydrogen-bond donors (Lipinski definition) is 2. The molecule has 0 saturated heterocycles. The Bertz CT molecular complexity index is 813. The minimum absolute atomic E-state index is 0.133. The van der Waals surface area contributed by atoms with Crippen LogP contribution in [-0.4, -0.2) is 24.0 Å². The van der Waals surface area contributed by atoms with E-state index in [0.717, 1.165) is 5.56 Å². The molecule has 0 aliphatic heterocycles. The van der Waals surface area contributed by atoms with E-state index in [9.17, 15) is 14.9 Å². The standard InChI is InChI=1S/C18H20ClN3O4/c1-11(14-6-4-5-7-15(14)19)20-12(2)18(23)21-16-10-13(22(24)25)8-9-17(16)26-3/h4-12,20H,1-3H3,(H,21,23)/t11-,12-/m0/s1. The molecule has 8 heteroatoms. The van der Waals surface area contributed by atoms with Crippen LogP contribution in [0.1, 0.15) is 25.5 Å². The third-order valence-electron chi connectivity index (χ3n) is 3.92. The van der Waals surface area contributed by atoms with Crippen LogP contribution in [0.3, 0.4) is 0 Å². The SMILES string of the molecule is COc1ccc([N+](=O)[O-])cc1NC(=O)[C@H](C)N[C@@H](C)c1ccccc1Cl. The number of hydrogen-bond acceptors (Lipinski definition) is 5. The van der Waals surface area contributed by atoms with Crippen molar-refractivity contribution in [1.29, 1.82) is 0 Å². The summed E-state index contributed by atoms with van der Waals surface area (Å²) in [4.78, 5) is 22.9. The van der Waals surface area contributed by atoms with Crippen molar-refractivity contribution >= 4 is 28.9 Å². The summed E-state index contributed by atoms with van der Waals surface area (Å²) in [5.74, 6) is -0.00185. The number of nitrogens with one attached hydrogen (secondary N) is 2. The lowest BCUT2D eigenvalue weighted by atomic mass is 10.1. The van der Waals surface area contributed by atoms with Gasteiger partial charge in [-0.15, -0.1) is 0 Å². The van der Waals surface area contributed by atoms with E-state index in [0.29, 0.717) is 10.8 Å². The van der Waals surface area contributed by atoms with Gasteiger partial charge in [-0.25, -0.2) is 0 Å². The van der Waals surface area contributed by atoms with Crippen molar-refractivity contribution in [1.82, 2.24) is 5.32 Å². The molecule has 0 radical (unpaired) electrons. The van der Waals surface area contributed by atoms with Crippen molar-refractivity contribution in [2.24, 2.45) is 0 Å². The van der Waals surface area contributed by atoms with Gasteiger partial charge in [0.2, 0.25) is 5.91 Å². The maximum Gasteiger partial charge on any atom is 0.271 e. The number of nitro benzene ring substituents is 1. The molecule has 26 heavy (non-hydrogen) atoms. The molecule has 0 aliphatic carbocycles. The predicted octanol–water partition coefficient (Wildman–Crippen LogP) is 3.93. The molecule has 2 rings (SSSR count). The van der Waals surface area contributed by atoms with Crippen LogP contribution in [0.15, 0.2) is 42.5 Å². The highest BCUT2D eigenvalue weighted by atomic mass is 35.5. The summed E-state index contributed by atoms with van der Waals surface area (Å²) in [5, 5.41) is 17.4. The van der Waals surface area contributed by atoms with Crippen LogP contribution < -0.4 is 15.4 Å². The van der Waals surface area contributed by atoms with Crippen molar-refractivity contribution in [2.75, 3.05) is 12.4 Å². The molecule has 2 aromatic rings. The van der Waals surface area contributed by atoms with Gasteiger partial charge < -0.3 is 10.1 Å². The molecule has 7 nitrogen and oxygen atoms in total. The third-order valence-corrected chi connectivity index (χ3v) is 4.26. The molecule has 0 fully saturated rings. The number of carbonyl (C=O) groups is 1. The van der Waals surface area contributed by atoms with E-state index in [1.54, 1.807) is 13.0 Å². The number of nitro groups is 1. The lowest BCUT2D eigenvalue weighted by molar-refractivity contribution is -0.384. The Morgan fingerprint density at radius 2 is 1.92 bits per heavy atom. The van der Waals surface area contributed by atoms with Crippen LogP contribution in [0.25, 0.3) is 0 Å². The molecule has 0 heterocycles. The summed E-state index contributed by atoms with van der Waals surface area (Å²) in [5.41, 5.74) is 0.985. The van der Waals surface area contributed by atoms with E-state index in [-0.39, 0.29) is 23.3 Å². The van der Waals surface area contributed by atoms with Crippen LogP contribution in [0.4, 0.5) is 11.4 Å². The van der Waals surface area contributed by atoms with E-state index in [1.165, 1.54) is 25.3 Å². The third kappa shape index (κ3) is 4.71. The summed E-state index contributed by atoms with van der Waals surface area (Å²) in [6.07, 6.45) is 0. The molecule has 138 valence electrons. The van der Waals surface area contributed by atoms with Gasteiger partial charge >= 0.3 is 0 Å². The van der Waals surface area contributed by atoms with Gasteiger partial charge in [0.1, 0.15) is 5.75 Å². The normalized spacial score (nSPS) is 12.9. The number of rotatable bonds is 7. The lowest BCUT2D eigenvalue weighted by Crippen LogP contribution is -2.39. The molecule has 0 aliphatic rings. The highest BCUT2D eigenvalue weighted by Gasteiger charge is 2.20. The summed E-state index contributed by atoms with van der Waals surface area (Å²) in [6, 6.07) is 10.7. The monoisotopic (exact) mass is 377 g/mol. The number of non-ortho nitro benzene ring substituents is 1. The van der Waals surface area contributed by atoms with E-state index in [2.05, 4.69) is 10.6 Å². The first-order valence-electron chi connectivity index (χ1n) is 7.97. The molecular formula is C18H20ClN3O4. The highest BCUT2D eigenvalue weighted by molar-refractivity contribution is 6.31. The zero-order chi connectivity index (χ0) is 19.3. The average molecular weight is 378 g/mol. The molecule has 0 spiro atoms. The minimum Gasteiger partial charge on any atom is -0.495 e. The highest BCUT2D eigenvalue weighted by Crippen LogP contribution is 2.29. The number of anilines is 1. The lowest BCUT2D eigenvalue weighted by Gasteiger charge is -2.21. The van der Waals surface area contributed by atoms with Gasteiger partial charge in [0.15, 0.2) is 0 Å². The molecule has 0 aromatic heterocycles. The van der Waals surface area contributed by atoms with Crippen LogP contribution in [0.5, 0.6) is 5.75 Å². The Balaban J connectivity index is 2.10. The predicted molar refractivity (Wildman–Crippen MR) is 101 cm³/mol. The number of methoxy groups -OCH3 is 1. The van der Waals surface area contributed by atoms with Gasteiger partial charge in [-0.2, -0.15) is 0 Å². The molecule has 2 atom stereocenters. The van der Waals surface area contributed by atoms with Crippen LogP contribution in [0, 0.1) is 10.1 Å². The van der Waals surface area contributed by atoms with Crippen molar-refractivity contribution in [2.45, 2.75) is 25.9 Å². The second kappa shape index (κ2) is 8.64. The first-order valence-corrected chi connectivity index (χ1v) is 8.35. The zero-order valence-electron chi connectivity index (χ0n) is 14.7. The van der Waals surface area contributed by atoms with Crippen LogP contribution in [-0.2, 0) is 4.79 Å². The fraction of sp³-hybridized carbons (Fsp3) is 0.278.